The van der Waals surface area contributed by atoms with Crippen molar-refractivity contribution in [3.63, 3.8) is 0 Å². The SMILES string of the molecule is CCOc1ccc(OCC(=O)OCc2nnc(-c3cccc(C)c3)o2)cc1. The van der Waals surface area contributed by atoms with Crippen LogP contribution >= 0.6 is 0 Å². The van der Waals surface area contributed by atoms with Gasteiger partial charge in [0.15, 0.2) is 13.2 Å². The van der Waals surface area contributed by atoms with Crippen molar-refractivity contribution in [3.8, 4) is 23.0 Å². The van der Waals surface area contributed by atoms with Gasteiger partial charge in [0.05, 0.1) is 6.61 Å². The molecule has 0 saturated heterocycles. The van der Waals surface area contributed by atoms with Crippen LogP contribution in [0.3, 0.4) is 0 Å². The van der Waals surface area contributed by atoms with Gasteiger partial charge in [-0.3, -0.25) is 0 Å². The maximum Gasteiger partial charge on any atom is 0.344 e. The summed E-state index contributed by atoms with van der Waals surface area (Å²) >= 11 is 0. The van der Waals surface area contributed by atoms with Gasteiger partial charge in [-0.05, 0) is 50.2 Å². The van der Waals surface area contributed by atoms with Crippen molar-refractivity contribution in [1.82, 2.24) is 10.2 Å². The van der Waals surface area contributed by atoms with E-state index in [2.05, 4.69) is 10.2 Å². The molecular weight excluding hydrogens is 348 g/mol. The van der Waals surface area contributed by atoms with Crippen LogP contribution in [0.25, 0.3) is 11.5 Å². The predicted octanol–water partition coefficient (Wildman–Crippen LogP) is 3.57. The molecule has 0 saturated carbocycles. The van der Waals surface area contributed by atoms with Crippen molar-refractivity contribution in [1.29, 1.82) is 0 Å². The molecule has 2 aromatic carbocycles. The second kappa shape index (κ2) is 8.84. The number of carbonyl (C=O) groups is 1. The molecule has 7 nitrogen and oxygen atoms in total. The third-order valence-electron chi connectivity index (χ3n) is 3.58. The lowest BCUT2D eigenvalue weighted by atomic mass is 10.1. The summed E-state index contributed by atoms with van der Waals surface area (Å²) < 4.78 is 21.3. The molecule has 7 heteroatoms. The van der Waals surface area contributed by atoms with Crippen molar-refractivity contribution >= 4 is 5.97 Å². The van der Waals surface area contributed by atoms with Gasteiger partial charge in [0.25, 0.3) is 5.89 Å². The van der Waals surface area contributed by atoms with Crippen LogP contribution in [0, 0.1) is 6.92 Å². The fraction of sp³-hybridized carbons (Fsp3) is 0.250. The van der Waals surface area contributed by atoms with Gasteiger partial charge in [0, 0.05) is 5.56 Å². The number of hydrogen-bond donors (Lipinski definition) is 0. The minimum absolute atomic E-state index is 0.107. The van der Waals surface area contributed by atoms with E-state index in [4.69, 9.17) is 18.6 Å². The highest BCUT2D eigenvalue weighted by Gasteiger charge is 2.11. The number of ether oxygens (including phenoxy) is 3. The van der Waals surface area contributed by atoms with Gasteiger partial charge in [0.1, 0.15) is 11.5 Å². The molecule has 3 aromatic rings. The van der Waals surface area contributed by atoms with E-state index in [-0.39, 0.29) is 19.1 Å². The number of hydrogen-bond acceptors (Lipinski definition) is 7. The lowest BCUT2D eigenvalue weighted by Crippen LogP contribution is -2.14. The fourth-order valence-corrected chi connectivity index (χ4v) is 2.33. The maximum atomic E-state index is 11.8. The van der Waals surface area contributed by atoms with E-state index in [1.807, 2.05) is 38.1 Å². The van der Waals surface area contributed by atoms with E-state index in [9.17, 15) is 4.79 Å². The van der Waals surface area contributed by atoms with Gasteiger partial charge in [-0.1, -0.05) is 17.7 Å². The summed E-state index contributed by atoms with van der Waals surface area (Å²) in [6, 6.07) is 14.7. The van der Waals surface area contributed by atoms with E-state index in [1.165, 1.54) is 0 Å². The Morgan fingerprint density at radius 1 is 1.04 bits per heavy atom. The fourth-order valence-electron chi connectivity index (χ4n) is 2.33. The van der Waals surface area contributed by atoms with Crippen LogP contribution in [0.4, 0.5) is 0 Å². The number of esters is 1. The lowest BCUT2D eigenvalue weighted by molar-refractivity contribution is -0.148. The second-order valence-corrected chi connectivity index (χ2v) is 5.72. The smallest absolute Gasteiger partial charge is 0.344 e. The average molecular weight is 368 g/mol. The van der Waals surface area contributed by atoms with Crippen LogP contribution in [0.1, 0.15) is 18.4 Å². The number of nitrogens with zero attached hydrogens (tertiary/aromatic N) is 2. The summed E-state index contributed by atoms with van der Waals surface area (Å²) in [5, 5.41) is 7.86. The zero-order chi connectivity index (χ0) is 19.1. The standard InChI is InChI=1S/C20H20N2O5/c1-3-24-16-7-9-17(10-8-16)25-13-19(23)26-12-18-21-22-20(27-18)15-6-4-5-14(2)11-15/h4-11H,3,12-13H2,1-2H3. The first-order chi connectivity index (χ1) is 13.1. The average Bonchev–Trinajstić information content (AvgIpc) is 3.15. The Hall–Kier alpha value is -3.35. The Morgan fingerprint density at radius 3 is 2.48 bits per heavy atom. The molecule has 3 rings (SSSR count). The summed E-state index contributed by atoms with van der Waals surface area (Å²) in [6.07, 6.45) is 0. The molecule has 0 aliphatic rings. The molecule has 0 unspecified atom stereocenters. The molecule has 27 heavy (non-hydrogen) atoms. The first-order valence-corrected chi connectivity index (χ1v) is 8.54. The number of aryl methyl sites for hydroxylation is 1. The third-order valence-corrected chi connectivity index (χ3v) is 3.58. The summed E-state index contributed by atoms with van der Waals surface area (Å²) in [5.41, 5.74) is 1.91. The highest BCUT2D eigenvalue weighted by molar-refractivity contribution is 5.71. The van der Waals surface area contributed by atoms with Gasteiger partial charge in [-0.2, -0.15) is 0 Å². The number of benzene rings is 2. The van der Waals surface area contributed by atoms with Crippen molar-refractivity contribution in [2.24, 2.45) is 0 Å². The maximum absolute atomic E-state index is 11.8. The Kier molecular flexibility index (Phi) is 6.04. The van der Waals surface area contributed by atoms with E-state index >= 15 is 0 Å². The first kappa shape index (κ1) is 18.4. The minimum Gasteiger partial charge on any atom is -0.494 e. The Bertz CT molecular complexity index is 889. The minimum atomic E-state index is -0.529. The van der Waals surface area contributed by atoms with E-state index in [0.29, 0.717) is 18.2 Å². The molecule has 0 atom stereocenters. The van der Waals surface area contributed by atoms with Crippen molar-refractivity contribution in [2.45, 2.75) is 20.5 Å². The number of aromatic nitrogens is 2. The molecule has 140 valence electrons. The molecular formula is C20H20N2O5. The van der Waals surface area contributed by atoms with Crippen LogP contribution in [0.2, 0.25) is 0 Å². The molecule has 0 radical (unpaired) electrons. The second-order valence-electron chi connectivity index (χ2n) is 5.72. The van der Waals surface area contributed by atoms with E-state index in [1.54, 1.807) is 24.3 Å². The molecule has 1 heterocycles. The van der Waals surface area contributed by atoms with Gasteiger partial charge in [-0.15, -0.1) is 10.2 Å². The normalized spacial score (nSPS) is 10.4. The van der Waals surface area contributed by atoms with E-state index in [0.717, 1.165) is 16.9 Å². The van der Waals surface area contributed by atoms with Crippen LogP contribution in [-0.4, -0.2) is 29.4 Å². The quantitative estimate of drug-likeness (QED) is 0.562. The molecule has 0 N–H and O–H groups in total. The number of rotatable bonds is 8. The number of carbonyl (C=O) groups excluding carboxylic acids is 1. The molecule has 0 fully saturated rings. The summed E-state index contributed by atoms with van der Waals surface area (Å²) in [6.45, 7) is 4.16. The Morgan fingerprint density at radius 2 is 1.78 bits per heavy atom. The van der Waals surface area contributed by atoms with Crippen molar-refractivity contribution < 1.29 is 23.4 Å². The highest BCUT2D eigenvalue weighted by atomic mass is 16.6. The van der Waals surface area contributed by atoms with Gasteiger partial charge >= 0.3 is 5.97 Å². The lowest BCUT2D eigenvalue weighted by Gasteiger charge is -2.07. The van der Waals surface area contributed by atoms with Crippen molar-refractivity contribution in [3.05, 3.63) is 60.0 Å². The highest BCUT2D eigenvalue weighted by Crippen LogP contribution is 2.19. The Balaban J connectivity index is 1.46. The Labute approximate surface area is 156 Å². The van der Waals surface area contributed by atoms with Crippen LogP contribution in [-0.2, 0) is 16.1 Å². The molecule has 0 aliphatic carbocycles. The zero-order valence-corrected chi connectivity index (χ0v) is 15.2. The summed E-state index contributed by atoms with van der Waals surface area (Å²) in [7, 11) is 0. The van der Waals surface area contributed by atoms with Crippen LogP contribution in [0.15, 0.2) is 52.9 Å². The van der Waals surface area contributed by atoms with Gasteiger partial charge in [-0.25, -0.2) is 4.79 Å². The van der Waals surface area contributed by atoms with Crippen molar-refractivity contribution in [2.75, 3.05) is 13.2 Å². The van der Waals surface area contributed by atoms with Gasteiger partial charge < -0.3 is 18.6 Å². The topological polar surface area (TPSA) is 83.7 Å². The largest absolute Gasteiger partial charge is 0.494 e. The summed E-state index contributed by atoms with van der Waals surface area (Å²) in [5.74, 6) is 1.37. The molecule has 0 amide bonds. The van der Waals surface area contributed by atoms with Crippen LogP contribution < -0.4 is 9.47 Å². The molecule has 0 bridgehead atoms. The monoisotopic (exact) mass is 368 g/mol. The molecule has 0 aliphatic heterocycles. The molecule has 0 spiro atoms. The summed E-state index contributed by atoms with van der Waals surface area (Å²) in [4.78, 5) is 11.8. The van der Waals surface area contributed by atoms with Crippen LogP contribution in [0.5, 0.6) is 11.5 Å². The first-order valence-electron chi connectivity index (χ1n) is 8.54. The third kappa shape index (κ3) is 5.31. The molecule has 1 aromatic heterocycles. The zero-order valence-electron chi connectivity index (χ0n) is 15.2. The predicted molar refractivity (Wildman–Crippen MR) is 97.4 cm³/mol. The van der Waals surface area contributed by atoms with Gasteiger partial charge in [0.2, 0.25) is 5.89 Å². The van der Waals surface area contributed by atoms with E-state index < -0.39 is 5.97 Å².